The van der Waals surface area contributed by atoms with Gasteiger partial charge in [-0.25, -0.2) is 0 Å². The Balaban J connectivity index is 2.10. The van der Waals surface area contributed by atoms with E-state index in [4.69, 9.17) is 9.47 Å². The van der Waals surface area contributed by atoms with Gasteiger partial charge in [0, 0.05) is 5.56 Å². The number of hydrogen-bond donors (Lipinski definition) is 2. The molecule has 1 amide bonds. The molecule has 0 radical (unpaired) electrons. The molecule has 0 bridgehead atoms. The largest absolute Gasteiger partial charge is 0.497 e. The van der Waals surface area contributed by atoms with Crippen molar-refractivity contribution in [3.63, 3.8) is 0 Å². The van der Waals surface area contributed by atoms with Crippen molar-refractivity contribution >= 4 is 17.9 Å². The lowest BCUT2D eigenvalue weighted by Crippen LogP contribution is -2.43. The molecule has 2 N–H and O–H groups in total. The lowest BCUT2D eigenvalue weighted by Gasteiger charge is -2.24. The highest BCUT2D eigenvalue weighted by molar-refractivity contribution is 6.24. The number of aliphatic hydroxyl groups excluding tert-OH is 1. The van der Waals surface area contributed by atoms with E-state index in [0.29, 0.717) is 17.1 Å². The van der Waals surface area contributed by atoms with Gasteiger partial charge in [0.2, 0.25) is 12.2 Å². The Morgan fingerprint density at radius 1 is 1.50 bits per heavy atom. The molecule has 2 aliphatic rings. The second-order valence-electron chi connectivity index (χ2n) is 3.85. The lowest BCUT2D eigenvalue weighted by atomic mass is 10.1. The van der Waals surface area contributed by atoms with E-state index in [2.05, 4.69) is 10.3 Å². The molecule has 0 spiro atoms. The minimum atomic E-state index is -1.26. The van der Waals surface area contributed by atoms with E-state index in [0.717, 1.165) is 5.56 Å². The van der Waals surface area contributed by atoms with Gasteiger partial charge in [-0.15, -0.1) is 0 Å². The molecule has 92 valence electrons. The van der Waals surface area contributed by atoms with Crippen LogP contribution in [0.15, 0.2) is 28.8 Å². The van der Waals surface area contributed by atoms with Crippen molar-refractivity contribution in [2.75, 3.05) is 7.11 Å². The van der Waals surface area contributed by atoms with Crippen molar-refractivity contribution in [1.82, 2.24) is 5.32 Å². The number of nitrogens with zero attached hydrogens (tertiary/aromatic N) is 1. The molecule has 6 nitrogen and oxygen atoms in total. The van der Waals surface area contributed by atoms with Gasteiger partial charge in [0.1, 0.15) is 17.1 Å². The summed E-state index contributed by atoms with van der Waals surface area (Å²) in [6.07, 6.45) is 0.394. The van der Waals surface area contributed by atoms with Crippen molar-refractivity contribution in [2.45, 2.75) is 6.35 Å². The Morgan fingerprint density at radius 2 is 2.33 bits per heavy atom. The van der Waals surface area contributed by atoms with E-state index in [9.17, 15) is 9.90 Å². The number of amides is 1. The van der Waals surface area contributed by atoms with Crippen LogP contribution in [-0.4, -0.2) is 30.4 Å². The smallest absolute Gasteiger partial charge is 0.260 e. The van der Waals surface area contributed by atoms with Crippen LogP contribution < -0.4 is 14.8 Å². The third-order valence-corrected chi connectivity index (χ3v) is 2.70. The standard InChI is InChI=1S/C12H10N2O4/c1-17-7-2-3-9-6(4-7)5-8-10(15)13-12(16)14-11(8)18-9/h2-5,12,16H,1H3,(H,13,15). The third kappa shape index (κ3) is 1.63. The van der Waals surface area contributed by atoms with Gasteiger partial charge in [0.15, 0.2) is 0 Å². The van der Waals surface area contributed by atoms with Gasteiger partial charge in [0.25, 0.3) is 5.91 Å². The fraction of sp³-hybridized carbons (Fsp3) is 0.167. The number of ether oxygens (including phenoxy) is 2. The Labute approximate surface area is 103 Å². The average molecular weight is 246 g/mol. The minimum Gasteiger partial charge on any atom is -0.497 e. The summed E-state index contributed by atoms with van der Waals surface area (Å²) in [4.78, 5) is 15.5. The molecule has 2 aliphatic heterocycles. The molecule has 0 fully saturated rings. The number of carbonyl (C=O) groups excluding carboxylic acids is 1. The summed E-state index contributed by atoms with van der Waals surface area (Å²) in [5.41, 5.74) is 1.02. The van der Waals surface area contributed by atoms with Gasteiger partial charge < -0.3 is 19.9 Å². The van der Waals surface area contributed by atoms with Crippen molar-refractivity contribution in [2.24, 2.45) is 4.99 Å². The highest BCUT2D eigenvalue weighted by atomic mass is 16.5. The average Bonchev–Trinajstić information content (AvgIpc) is 2.36. The van der Waals surface area contributed by atoms with Gasteiger partial charge in [-0.05, 0) is 24.3 Å². The molecule has 3 rings (SSSR count). The summed E-state index contributed by atoms with van der Waals surface area (Å²) in [5.74, 6) is 0.955. The maximum atomic E-state index is 11.7. The van der Waals surface area contributed by atoms with Gasteiger partial charge in [-0.3, -0.25) is 4.79 Å². The number of aliphatic imine (C=N–C) groups is 1. The first-order chi connectivity index (χ1) is 8.67. The number of benzene rings is 1. The van der Waals surface area contributed by atoms with Crippen LogP contribution in [-0.2, 0) is 4.79 Å². The normalized spacial score (nSPS) is 20.8. The summed E-state index contributed by atoms with van der Waals surface area (Å²) in [7, 11) is 1.56. The van der Waals surface area contributed by atoms with Gasteiger partial charge in [-0.1, -0.05) is 0 Å². The Hall–Kier alpha value is -2.34. The summed E-state index contributed by atoms with van der Waals surface area (Å²) in [6, 6.07) is 5.23. The van der Waals surface area contributed by atoms with Gasteiger partial charge >= 0.3 is 0 Å². The fourth-order valence-corrected chi connectivity index (χ4v) is 1.83. The van der Waals surface area contributed by atoms with Crippen LogP contribution in [0.2, 0.25) is 0 Å². The number of aliphatic hydroxyl groups is 1. The van der Waals surface area contributed by atoms with E-state index in [1.807, 2.05) is 0 Å². The molecular formula is C12H10N2O4. The van der Waals surface area contributed by atoms with Crippen molar-refractivity contribution in [1.29, 1.82) is 0 Å². The summed E-state index contributed by atoms with van der Waals surface area (Å²) in [5, 5.41) is 11.6. The van der Waals surface area contributed by atoms with E-state index in [1.54, 1.807) is 31.4 Å². The second kappa shape index (κ2) is 3.85. The number of hydrogen-bond acceptors (Lipinski definition) is 5. The van der Waals surface area contributed by atoms with Crippen molar-refractivity contribution in [3.8, 4) is 11.5 Å². The lowest BCUT2D eigenvalue weighted by molar-refractivity contribution is -0.120. The van der Waals surface area contributed by atoms with Crippen molar-refractivity contribution in [3.05, 3.63) is 29.3 Å². The second-order valence-corrected chi connectivity index (χ2v) is 3.85. The summed E-state index contributed by atoms with van der Waals surface area (Å²) in [6.45, 7) is 0. The highest BCUT2D eigenvalue weighted by Gasteiger charge is 2.30. The minimum absolute atomic E-state index is 0.129. The van der Waals surface area contributed by atoms with E-state index >= 15 is 0 Å². The molecule has 1 aromatic rings. The number of carbonyl (C=O) groups is 1. The topological polar surface area (TPSA) is 80.2 Å². The Morgan fingerprint density at radius 3 is 3.11 bits per heavy atom. The SMILES string of the molecule is COc1ccc2c(c1)C=C1C(=O)NC(O)N=C1O2. The Kier molecular flexibility index (Phi) is 2.31. The number of rotatable bonds is 1. The van der Waals surface area contributed by atoms with Crippen LogP contribution in [0.4, 0.5) is 0 Å². The van der Waals surface area contributed by atoms with E-state index < -0.39 is 12.3 Å². The quantitative estimate of drug-likeness (QED) is 0.745. The molecule has 1 unspecified atom stereocenters. The van der Waals surface area contributed by atoms with E-state index in [-0.39, 0.29) is 5.90 Å². The predicted molar refractivity (Wildman–Crippen MR) is 63.2 cm³/mol. The van der Waals surface area contributed by atoms with Crippen LogP contribution in [0.25, 0.3) is 6.08 Å². The first-order valence-corrected chi connectivity index (χ1v) is 5.32. The van der Waals surface area contributed by atoms with Crippen LogP contribution in [0.1, 0.15) is 5.56 Å². The van der Waals surface area contributed by atoms with Gasteiger partial charge in [0.05, 0.1) is 7.11 Å². The predicted octanol–water partition coefficient (Wildman–Crippen LogP) is 0.275. The first kappa shape index (κ1) is 10.8. The molecular weight excluding hydrogens is 236 g/mol. The maximum absolute atomic E-state index is 11.7. The molecule has 2 heterocycles. The molecule has 6 heteroatoms. The molecule has 0 aromatic heterocycles. The molecule has 1 atom stereocenters. The van der Waals surface area contributed by atoms with E-state index in [1.165, 1.54) is 0 Å². The Bertz CT molecular complexity index is 592. The van der Waals surface area contributed by atoms with Crippen molar-refractivity contribution < 1.29 is 19.4 Å². The summed E-state index contributed by atoms with van der Waals surface area (Å²) < 4.78 is 10.6. The van der Waals surface area contributed by atoms with Crippen LogP contribution in [0, 0.1) is 0 Å². The van der Waals surface area contributed by atoms with Gasteiger partial charge in [-0.2, -0.15) is 4.99 Å². The number of nitrogens with one attached hydrogen (secondary N) is 1. The summed E-state index contributed by atoms with van der Waals surface area (Å²) >= 11 is 0. The zero-order valence-electron chi connectivity index (χ0n) is 9.51. The zero-order valence-corrected chi connectivity index (χ0v) is 9.51. The third-order valence-electron chi connectivity index (χ3n) is 2.70. The zero-order chi connectivity index (χ0) is 12.7. The van der Waals surface area contributed by atoms with Crippen LogP contribution >= 0.6 is 0 Å². The highest BCUT2D eigenvalue weighted by Crippen LogP contribution is 2.31. The monoisotopic (exact) mass is 246 g/mol. The first-order valence-electron chi connectivity index (χ1n) is 5.32. The molecule has 0 saturated carbocycles. The number of methoxy groups -OCH3 is 1. The molecule has 0 saturated heterocycles. The van der Waals surface area contributed by atoms with Crippen LogP contribution in [0.5, 0.6) is 11.5 Å². The fourth-order valence-electron chi connectivity index (χ4n) is 1.83. The maximum Gasteiger partial charge on any atom is 0.260 e. The molecule has 18 heavy (non-hydrogen) atoms. The molecule has 1 aromatic carbocycles. The molecule has 0 aliphatic carbocycles. The van der Waals surface area contributed by atoms with Crippen LogP contribution in [0.3, 0.4) is 0 Å². The number of fused-ring (bicyclic) bond motifs is 2.